The second-order valence-electron chi connectivity index (χ2n) is 6.43. The standard InChI is InChI=1S/C19H18ClF3N4O/c20-16-10-15(19(21,22)23)12-24-17(16)27-8-6-14(7-9-27)18(28)26-25-11-13-4-2-1-3-5-13/h1-5,10-12,14H,6-9H2,(H,26,28)/b25-11-. The van der Waals surface area contributed by atoms with Gasteiger partial charge in [0.15, 0.2) is 0 Å². The van der Waals surface area contributed by atoms with E-state index in [1.807, 2.05) is 30.3 Å². The van der Waals surface area contributed by atoms with Crippen molar-refractivity contribution in [3.05, 3.63) is 58.7 Å². The average molecular weight is 411 g/mol. The number of pyridine rings is 1. The molecule has 1 N–H and O–H groups in total. The van der Waals surface area contributed by atoms with Gasteiger partial charge in [-0.3, -0.25) is 4.79 Å². The van der Waals surface area contributed by atoms with Crippen LogP contribution in [-0.2, 0) is 11.0 Å². The number of alkyl halides is 3. The second-order valence-corrected chi connectivity index (χ2v) is 6.84. The van der Waals surface area contributed by atoms with Crippen molar-refractivity contribution in [2.45, 2.75) is 19.0 Å². The van der Waals surface area contributed by atoms with Crippen molar-refractivity contribution in [2.24, 2.45) is 11.0 Å². The molecule has 2 heterocycles. The zero-order chi connectivity index (χ0) is 20.1. The van der Waals surface area contributed by atoms with Crippen molar-refractivity contribution in [1.82, 2.24) is 10.4 Å². The molecule has 9 heteroatoms. The van der Waals surface area contributed by atoms with Crippen LogP contribution in [0.5, 0.6) is 0 Å². The van der Waals surface area contributed by atoms with Crippen molar-refractivity contribution < 1.29 is 18.0 Å². The van der Waals surface area contributed by atoms with E-state index in [0.717, 1.165) is 17.8 Å². The Morgan fingerprint density at radius 3 is 2.54 bits per heavy atom. The molecule has 1 aliphatic heterocycles. The molecule has 0 bridgehead atoms. The minimum absolute atomic E-state index is 0.0508. The topological polar surface area (TPSA) is 57.6 Å². The highest BCUT2D eigenvalue weighted by molar-refractivity contribution is 6.33. The number of benzene rings is 1. The van der Waals surface area contributed by atoms with Crippen molar-refractivity contribution in [2.75, 3.05) is 18.0 Å². The van der Waals surface area contributed by atoms with Crippen LogP contribution in [0.2, 0.25) is 5.02 Å². The first kappa shape index (κ1) is 20.1. The van der Waals surface area contributed by atoms with Crippen LogP contribution in [0.25, 0.3) is 0 Å². The second kappa shape index (κ2) is 8.60. The summed E-state index contributed by atoms with van der Waals surface area (Å²) in [4.78, 5) is 17.9. The van der Waals surface area contributed by atoms with Gasteiger partial charge >= 0.3 is 6.18 Å². The van der Waals surface area contributed by atoms with Crippen molar-refractivity contribution in [1.29, 1.82) is 0 Å². The van der Waals surface area contributed by atoms with E-state index in [4.69, 9.17) is 11.6 Å². The van der Waals surface area contributed by atoms with Crippen molar-refractivity contribution in [3.8, 4) is 0 Å². The van der Waals surface area contributed by atoms with Crippen LogP contribution in [0, 0.1) is 5.92 Å². The lowest BCUT2D eigenvalue weighted by atomic mass is 9.96. The van der Waals surface area contributed by atoms with Crippen LogP contribution in [0.4, 0.5) is 19.0 Å². The number of aromatic nitrogens is 1. The molecule has 0 unspecified atom stereocenters. The van der Waals surface area contributed by atoms with Gasteiger partial charge in [0, 0.05) is 25.2 Å². The number of carbonyl (C=O) groups excluding carboxylic acids is 1. The minimum atomic E-state index is -4.49. The number of piperidine rings is 1. The molecule has 3 rings (SSSR count). The minimum Gasteiger partial charge on any atom is -0.355 e. The van der Waals surface area contributed by atoms with Crippen LogP contribution >= 0.6 is 11.6 Å². The molecule has 1 amide bonds. The number of nitrogens with zero attached hydrogens (tertiary/aromatic N) is 3. The number of hydrogen-bond acceptors (Lipinski definition) is 4. The lowest BCUT2D eigenvalue weighted by Crippen LogP contribution is -2.39. The summed E-state index contributed by atoms with van der Waals surface area (Å²) >= 11 is 5.99. The van der Waals surface area contributed by atoms with Crippen LogP contribution in [0.1, 0.15) is 24.0 Å². The van der Waals surface area contributed by atoms with E-state index in [9.17, 15) is 18.0 Å². The summed E-state index contributed by atoms with van der Waals surface area (Å²) in [6.07, 6.45) is -1.07. The third-order valence-electron chi connectivity index (χ3n) is 4.50. The number of hydrogen-bond donors (Lipinski definition) is 1. The summed E-state index contributed by atoms with van der Waals surface area (Å²) < 4.78 is 38.2. The Kier molecular flexibility index (Phi) is 6.18. The summed E-state index contributed by atoms with van der Waals surface area (Å²) in [5.41, 5.74) is 2.53. The highest BCUT2D eigenvalue weighted by Gasteiger charge is 2.33. The molecule has 1 aromatic heterocycles. The normalized spacial score (nSPS) is 15.8. The predicted octanol–water partition coefficient (Wildman–Crippen LogP) is 4.12. The monoisotopic (exact) mass is 410 g/mol. The summed E-state index contributed by atoms with van der Waals surface area (Å²) in [5.74, 6) is -0.105. The van der Waals surface area contributed by atoms with Crippen LogP contribution in [0.15, 0.2) is 47.7 Å². The molecule has 1 aliphatic rings. The first-order chi connectivity index (χ1) is 13.3. The maximum absolute atomic E-state index is 12.7. The smallest absolute Gasteiger partial charge is 0.355 e. The van der Waals surface area contributed by atoms with Gasteiger partial charge in [0.05, 0.1) is 16.8 Å². The van der Waals surface area contributed by atoms with Gasteiger partial charge in [-0.15, -0.1) is 0 Å². The fraction of sp³-hybridized carbons (Fsp3) is 0.316. The van der Waals surface area contributed by atoms with Crippen LogP contribution in [-0.4, -0.2) is 30.2 Å². The Balaban J connectivity index is 1.54. The molecule has 28 heavy (non-hydrogen) atoms. The number of carbonyl (C=O) groups is 1. The zero-order valence-corrected chi connectivity index (χ0v) is 15.5. The van der Waals surface area contributed by atoms with Gasteiger partial charge in [-0.2, -0.15) is 18.3 Å². The SMILES string of the molecule is O=C(N/N=C\c1ccccc1)C1CCN(c2ncc(C(F)(F)F)cc2Cl)CC1. The van der Waals surface area contributed by atoms with Gasteiger partial charge in [-0.05, 0) is 24.5 Å². The lowest BCUT2D eigenvalue weighted by molar-refractivity contribution is -0.137. The Morgan fingerprint density at radius 2 is 1.93 bits per heavy atom. The predicted molar refractivity (Wildman–Crippen MR) is 101 cm³/mol. The maximum atomic E-state index is 12.7. The summed E-state index contributed by atoms with van der Waals surface area (Å²) in [6, 6.07) is 10.3. The first-order valence-electron chi connectivity index (χ1n) is 8.70. The summed E-state index contributed by atoms with van der Waals surface area (Å²) in [6.45, 7) is 0.942. The van der Waals surface area contributed by atoms with Gasteiger partial charge < -0.3 is 4.90 Å². The lowest BCUT2D eigenvalue weighted by Gasteiger charge is -2.32. The summed E-state index contributed by atoms with van der Waals surface area (Å²) in [5, 5.41) is 3.91. The van der Waals surface area contributed by atoms with E-state index in [1.165, 1.54) is 0 Å². The van der Waals surface area contributed by atoms with Gasteiger partial charge in [0.25, 0.3) is 0 Å². The molecule has 0 atom stereocenters. The van der Waals surface area contributed by atoms with Crippen molar-refractivity contribution in [3.63, 3.8) is 0 Å². The van der Waals surface area contributed by atoms with Crippen LogP contribution in [0.3, 0.4) is 0 Å². The Morgan fingerprint density at radius 1 is 1.25 bits per heavy atom. The molecule has 1 saturated heterocycles. The zero-order valence-electron chi connectivity index (χ0n) is 14.8. The van der Waals surface area contributed by atoms with E-state index in [1.54, 1.807) is 11.1 Å². The number of hydrazone groups is 1. The maximum Gasteiger partial charge on any atom is 0.417 e. The molecule has 0 aliphatic carbocycles. The largest absolute Gasteiger partial charge is 0.417 e. The molecule has 2 aromatic rings. The molecule has 0 spiro atoms. The number of amides is 1. The average Bonchev–Trinajstić information content (AvgIpc) is 2.68. The molecule has 0 saturated carbocycles. The fourth-order valence-electron chi connectivity index (χ4n) is 2.97. The Hall–Kier alpha value is -2.61. The van der Waals surface area contributed by atoms with Crippen LogP contribution < -0.4 is 10.3 Å². The van der Waals surface area contributed by atoms with Crippen molar-refractivity contribution >= 4 is 29.5 Å². The quantitative estimate of drug-likeness (QED) is 0.609. The molecule has 1 aromatic carbocycles. The van der Waals surface area contributed by atoms with Gasteiger partial charge in [0.1, 0.15) is 5.82 Å². The summed E-state index contributed by atoms with van der Waals surface area (Å²) in [7, 11) is 0. The van der Waals surface area contributed by atoms with Gasteiger partial charge in [0.2, 0.25) is 5.91 Å². The molecular weight excluding hydrogens is 393 g/mol. The highest BCUT2D eigenvalue weighted by Crippen LogP contribution is 2.34. The highest BCUT2D eigenvalue weighted by atomic mass is 35.5. The third-order valence-corrected chi connectivity index (χ3v) is 4.78. The Labute approximate surface area is 165 Å². The molecule has 148 valence electrons. The van der Waals surface area contributed by atoms with E-state index >= 15 is 0 Å². The van der Waals surface area contributed by atoms with Gasteiger partial charge in [-0.25, -0.2) is 10.4 Å². The number of nitrogens with one attached hydrogen (secondary N) is 1. The number of anilines is 1. The molecular formula is C19H18ClF3N4O. The fourth-order valence-corrected chi connectivity index (χ4v) is 3.26. The van der Waals surface area contributed by atoms with E-state index in [-0.39, 0.29) is 16.8 Å². The third kappa shape index (κ3) is 5.01. The Bertz CT molecular complexity index is 850. The van der Waals surface area contributed by atoms with E-state index < -0.39 is 11.7 Å². The van der Waals surface area contributed by atoms with Gasteiger partial charge in [-0.1, -0.05) is 41.9 Å². The molecule has 0 radical (unpaired) electrons. The first-order valence-corrected chi connectivity index (χ1v) is 9.08. The number of rotatable bonds is 4. The van der Waals surface area contributed by atoms with E-state index in [2.05, 4.69) is 15.5 Å². The van der Waals surface area contributed by atoms with E-state index in [0.29, 0.717) is 31.7 Å². The number of halogens is 4. The molecule has 1 fully saturated rings. The molecule has 5 nitrogen and oxygen atoms in total.